The molecule has 5 heteroatoms. The molecule has 0 bridgehead atoms. The van der Waals surface area contributed by atoms with E-state index in [-0.39, 0.29) is 29.9 Å². The Labute approximate surface area is 153 Å². The van der Waals surface area contributed by atoms with E-state index in [1.807, 2.05) is 42.5 Å². The van der Waals surface area contributed by atoms with Crippen LogP contribution in [0.25, 0.3) is 0 Å². The largest absolute Gasteiger partial charge is 0.325 e. The molecule has 5 nitrogen and oxygen atoms in total. The van der Waals surface area contributed by atoms with Crippen molar-refractivity contribution in [2.45, 2.75) is 32.0 Å². The van der Waals surface area contributed by atoms with Crippen molar-refractivity contribution in [3.8, 4) is 0 Å². The molecule has 0 aromatic heterocycles. The van der Waals surface area contributed by atoms with Gasteiger partial charge in [-0.15, -0.1) is 0 Å². The first-order chi connectivity index (χ1) is 12.6. The first-order valence-corrected chi connectivity index (χ1v) is 9.09. The Kier molecular flexibility index (Phi) is 4.47. The number of carbonyl (C=O) groups excluding carboxylic acids is 2. The highest BCUT2D eigenvalue weighted by atomic mass is 16.2. The number of rotatable bonds is 3. The van der Waals surface area contributed by atoms with E-state index in [0.717, 1.165) is 18.5 Å². The summed E-state index contributed by atoms with van der Waals surface area (Å²) in [5.74, 6) is -0.357. The van der Waals surface area contributed by atoms with E-state index in [2.05, 4.69) is 29.7 Å². The number of aryl methyl sites for hydroxylation is 1. The van der Waals surface area contributed by atoms with Crippen LogP contribution in [0.3, 0.4) is 0 Å². The van der Waals surface area contributed by atoms with Crippen molar-refractivity contribution in [1.29, 1.82) is 0 Å². The number of fused-ring (bicyclic) bond motifs is 1. The van der Waals surface area contributed by atoms with Gasteiger partial charge in [-0.1, -0.05) is 54.6 Å². The zero-order valence-electron chi connectivity index (χ0n) is 14.8. The summed E-state index contributed by atoms with van der Waals surface area (Å²) in [7, 11) is 0. The van der Waals surface area contributed by atoms with Crippen LogP contribution in [0, 0.1) is 12.8 Å². The van der Waals surface area contributed by atoms with E-state index < -0.39 is 0 Å². The standard InChI is InChI=1S/C21H23N3O2/c1-14-7-5-6-10-16(14)17-11-12-22-19-18(17)20(25)23-21(26)24(19)13-15-8-3-2-4-9-15/h2-10,17-19,22H,11-13H2,1H3,(H,23,25,26). The zero-order valence-corrected chi connectivity index (χ0v) is 14.8. The number of piperidine rings is 1. The van der Waals surface area contributed by atoms with Crippen molar-refractivity contribution in [3.63, 3.8) is 0 Å². The molecule has 0 saturated carbocycles. The van der Waals surface area contributed by atoms with Gasteiger partial charge in [-0.2, -0.15) is 0 Å². The second-order valence-electron chi connectivity index (χ2n) is 7.08. The van der Waals surface area contributed by atoms with Gasteiger partial charge in [-0.3, -0.25) is 15.4 Å². The predicted molar refractivity (Wildman–Crippen MR) is 99.3 cm³/mol. The van der Waals surface area contributed by atoms with Crippen LogP contribution >= 0.6 is 0 Å². The number of nitrogens with one attached hydrogen (secondary N) is 2. The molecule has 3 atom stereocenters. The lowest BCUT2D eigenvalue weighted by atomic mass is 9.76. The second kappa shape index (κ2) is 6.92. The number of benzene rings is 2. The number of amides is 3. The lowest BCUT2D eigenvalue weighted by Gasteiger charge is -2.47. The minimum Gasteiger partial charge on any atom is -0.304 e. The number of hydrogen-bond donors (Lipinski definition) is 2. The van der Waals surface area contributed by atoms with Crippen LogP contribution in [0.5, 0.6) is 0 Å². The van der Waals surface area contributed by atoms with Crippen molar-refractivity contribution in [1.82, 2.24) is 15.5 Å². The molecule has 2 aromatic rings. The average molecular weight is 349 g/mol. The number of hydrogen-bond acceptors (Lipinski definition) is 3. The maximum Gasteiger partial charge on any atom is 0.325 e. The molecule has 3 amide bonds. The summed E-state index contributed by atoms with van der Waals surface area (Å²) in [5, 5.41) is 5.99. The van der Waals surface area contributed by atoms with Gasteiger partial charge >= 0.3 is 6.03 Å². The van der Waals surface area contributed by atoms with Gasteiger partial charge < -0.3 is 4.90 Å². The Morgan fingerprint density at radius 3 is 2.54 bits per heavy atom. The topological polar surface area (TPSA) is 61.4 Å². The van der Waals surface area contributed by atoms with Crippen molar-refractivity contribution >= 4 is 11.9 Å². The molecule has 3 unspecified atom stereocenters. The van der Waals surface area contributed by atoms with E-state index in [0.29, 0.717) is 6.54 Å². The minimum atomic E-state index is -0.321. The van der Waals surface area contributed by atoms with Crippen molar-refractivity contribution < 1.29 is 9.59 Å². The lowest BCUT2D eigenvalue weighted by Crippen LogP contribution is -2.67. The minimum absolute atomic E-state index is 0.105. The smallest absolute Gasteiger partial charge is 0.304 e. The highest BCUT2D eigenvalue weighted by Gasteiger charge is 2.47. The van der Waals surface area contributed by atoms with Crippen LogP contribution in [0.2, 0.25) is 0 Å². The number of nitrogens with zero attached hydrogens (tertiary/aromatic N) is 1. The Hall–Kier alpha value is -2.66. The summed E-state index contributed by atoms with van der Waals surface area (Å²) >= 11 is 0. The molecule has 0 radical (unpaired) electrons. The quantitative estimate of drug-likeness (QED) is 0.896. The molecule has 0 spiro atoms. The van der Waals surface area contributed by atoms with Gasteiger partial charge in [0, 0.05) is 12.5 Å². The van der Waals surface area contributed by atoms with Crippen LogP contribution in [0.1, 0.15) is 29.0 Å². The Morgan fingerprint density at radius 1 is 1.04 bits per heavy atom. The van der Waals surface area contributed by atoms with Gasteiger partial charge in [0.1, 0.15) is 0 Å². The van der Waals surface area contributed by atoms with Gasteiger partial charge in [-0.25, -0.2) is 4.79 Å². The van der Waals surface area contributed by atoms with Crippen molar-refractivity contribution in [2.75, 3.05) is 6.54 Å². The summed E-state index contributed by atoms with van der Waals surface area (Å²) in [4.78, 5) is 27.0. The van der Waals surface area contributed by atoms with Gasteiger partial charge in [0.25, 0.3) is 0 Å². The van der Waals surface area contributed by atoms with Crippen LogP contribution in [-0.4, -0.2) is 29.5 Å². The molecule has 2 fully saturated rings. The molecule has 0 aliphatic carbocycles. The van der Waals surface area contributed by atoms with Crippen molar-refractivity contribution in [3.05, 3.63) is 71.3 Å². The maximum atomic E-state index is 12.7. The molecule has 2 N–H and O–H groups in total. The average Bonchev–Trinajstić information content (AvgIpc) is 2.66. The zero-order chi connectivity index (χ0) is 18.1. The molecule has 2 aromatic carbocycles. The SMILES string of the molecule is Cc1ccccc1C1CCNC2C1C(=O)NC(=O)N2Cc1ccccc1. The van der Waals surface area contributed by atoms with Gasteiger partial charge in [-0.05, 0) is 36.6 Å². The number of urea groups is 1. The fourth-order valence-electron chi connectivity index (χ4n) is 4.23. The first-order valence-electron chi connectivity index (χ1n) is 9.09. The van der Waals surface area contributed by atoms with Crippen LogP contribution < -0.4 is 10.6 Å². The molecule has 2 aliphatic rings. The highest BCUT2D eigenvalue weighted by Crippen LogP contribution is 2.38. The Balaban J connectivity index is 1.66. The van der Waals surface area contributed by atoms with E-state index in [4.69, 9.17) is 0 Å². The Morgan fingerprint density at radius 2 is 1.77 bits per heavy atom. The van der Waals surface area contributed by atoms with E-state index >= 15 is 0 Å². The third kappa shape index (κ3) is 2.99. The first kappa shape index (κ1) is 16.8. The van der Waals surface area contributed by atoms with E-state index in [1.165, 1.54) is 11.1 Å². The maximum absolute atomic E-state index is 12.7. The fourth-order valence-corrected chi connectivity index (χ4v) is 4.23. The van der Waals surface area contributed by atoms with E-state index in [9.17, 15) is 9.59 Å². The number of imide groups is 1. The highest BCUT2D eigenvalue weighted by molar-refractivity contribution is 5.99. The number of carbonyl (C=O) groups is 2. The van der Waals surface area contributed by atoms with Gasteiger partial charge in [0.15, 0.2) is 0 Å². The molecule has 4 rings (SSSR count). The summed E-state index contributed by atoms with van der Waals surface area (Å²) < 4.78 is 0. The molecular weight excluding hydrogens is 326 g/mol. The van der Waals surface area contributed by atoms with Crippen molar-refractivity contribution in [2.24, 2.45) is 5.92 Å². The normalized spacial score (nSPS) is 25.6. The third-order valence-corrected chi connectivity index (χ3v) is 5.50. The summed E-state index contributed by atoms with van der Waals surface area (Å²) in [6.45, 7) is 3.35. The molecular formula is C21H23N3O2. The van der Waals surface area contributed by atoms with Crippen LogP contribution in [0.15, 0.2) is 54.6 Å². The van der Waals surface area contributed by atoms with Gasteiger partial charge in [0.2, 0.25) is 5.91 Å². The Bertz CT molecular complexity index is 821. The summed E-state index contributed by atoms with van der Waals surface area (Å²) in [6.07, 6.45) is 0.599. The molecule has 2 heterocycles. The summed E-state index contributed by atoms with van der Waals surface area (Å²) in [6, 6.07) is 17.8. The monoisotopic (exact) mass is 349 g/mol. The second-order valence-corrected chi connectivity index (χ2v) is 7.08. The molecule has 2 saturated heterocycles. The lowest BCUT2D eigenvalue weighted by molar-refractivity contribution is -0.131. The van der Waals surface area contributed by atoms with Crippen LogP contribution in [-0.2, 0) is 11.3 Å². The predicted octanol–water partition coefficient (Wildman–Crippen LogP) is 2.77. The fraction of sp³-hybridized carbons (Fsp3) is 0.333. The third-order valence-electron chi connectivity index (χ3n) is 5.50. The van der Waals surface area contributed by atoms with Gasteiger partial charge in [0.05, 0.1) is 12.1 Å². The summed E-state index contributed by atoms with van der Waals surface area (Å²) in [5.41, 5.74) is 3.45. The molecule has 134 valence electrons. The molecule has 26 heavy (non-hydrogen) atoms. The van der Waals surface area contributed by atoms with E-state index in [1.54, 1.807) is 4.90 Å². The molecule has 2 aliphatic heterocycles. The van der Waals surface area contributed by atoms with Crippen LogP contribution in [0.4, 0.5) is 4.79 Å².